The van der Waals surface area contributed by atoms with Gasteiger partial charge < -0.3 is 19.5 Å². The Morgan fingerprint density at radius 1 is 1.39 bits per heavy atom. The van der Waals surface area contributed by atoms with Crippen molar-refractivity contribution in [2.75, 3.05) is 33.4 Å². The fourth-order valence-corrected chi connectivity index (χ4v) is 3.37. The van der Waals surface area contributed by atoms with E-state index in [0.717, 1.165) is 31.7 Å². The second-order valence-corrected chi connectivity index (χ2v) is 6.81. The van der Waals surface area contributed by atoms with E-state index in [4.69, 9.17) is 19.4 Å². The molecule has 0 aromatic carbocycles. The van der Waals surface area contributed by atoms with Crippen molar-refractivity contribution in [3.63, 3.8) is 0 Å². The zero-order valence-corrected chi connectivity index (χ0v) is 15.7. The summed E-state index contributed by atoms with van der Waals surface area (Å²) in [6.45, 7) is 4.79. The number of alkyl halides is 3. The van der Waals surface area contributed by atoms with Gasteiger partial charge in [0.2, 0.25) is 0 Å². The number of carboxylic acid groups (broad SMARTS) is 1. The number of rotatable bonds is 4. The maximum atomic E-state index is 12.4. The minimum Gasteiger partial charge on any atom is -0.475 e. The summed E-state index contributed by atoms with van der Waals surface area (Å²) in [7, 11) is 1.72. The van der Waals surface area contributed by atoms with Crippen LogP contribution in [0, 0.1) is 12.8 Å². The highest BCUT2D eigenvalue weighted by Crippen LogP contribution is 2.42. The lowest BCUT2D eigenvalue weighted by Crippen LogP contribution is -2.66. The van der Waals surface area contributed by atoms with Gasteiger partial charge in [0.25, 0.3) is 5.91 Å². The second kappa shape index (κ2) is 8.87. The molecule has 1 N–H and O–H groups in total. The molecule has 7 nitrogen and oxygen atoms in total. The Morgan fingerprint density at radius 2 is 2.04 bits per heavy atom. The topological polar surface area (TPSA) is 89.0 Å². The van der Waals surface area contributed by atoms with Crippen molar-refractivity contribution < 1.29 is 37.3 Å². The number of ether oxygens (including phenoxy) is 2. The summed E-state index contributed by atoms with van der Waals surface area (Å²) in [4.78, 5) is 27.5. The van der Waals surface area contributed by atoms with Crippen molar-refractivity contribution in [2.45, 2.75) is 31.5 Å². The molecule has 3 rings (SSSR count). The van der Waals surface area contributed by atoms with E-state index in [1.807, 2.05) is 24.0 Å². The SMILES string of the molecule is COCCC1CCOC12CN(C(=O)c1cccc(C)n1)C2.O=C(O)C(F)(F)F. The van der Waals surface area contributed by atoms with Gasteiger partial charge in [0.05, 0.1) is 13.1 Å². The van der Waals surface area contributed by atoms with Crippen molar-refractivity contribution in [3.8, 4) is 0 Å². The van der Waals surface area contributed by atoms with E-state index in [0.29, 0.717) is 24.7 Å². The minimum absolute atomic E-state index is 0.00492. The number of nitrogens with zero attached hydrogens (tertiary/aromatic N) is 2. The van der Waals surface area contributed by atoms with Gasteiger partial charge >= 0.3 is 12.1 Å². The molecule has 10 heteroatoms. The highest BCUT2D eigenvalue weighted by Gasteiger charge is 2.54. The van der Waals surface area contributed by atoms with Crippen LogP contribution < -0.4 is 0 Å². The van der Waals surface area contributed by atoms with Crippen LogP contribution in [-0.4, -0.2) is 72.1 Å². The van der Waals surface area contributed by atoms with Gasteiger partial charge in [0.15, 0.2) is 0 Å². The van der Waals surface area contributed by atoms with Crippen LogP contribution in [0.2, 0.25) is 0 Å². The van der Waals surface area contributed by atoms with Gasteiger partial charge in [-0.1, -0.05) is 6.07 Å². The van der Waals surface area contributed by atoms with Crippen molar-refractivity contribution in [2.24, 2.45) is 5.92 Å². The van der Waals surface area contributed by atoms with Gasteiger partial charge in [-0.15, -0.1) is 0 Å². The summed E-state index contributed by atoms with van der Waals surface area (Å²) in [5, 5.41) is 7.12. The average molecular weight is 404 g/mol. The smallest absolute Gasteiger partial charge is 0.475 e. The summed E-state index contributed by atoms with van der Waals surface area (Å²) in [6.07, 6.45) is -3.02. The Balaban J connectivity index is 0.000000345. The molecule has 156 valence electrons. The number of aromatic nitrogens is 1. The molecule has 0 aliphatic carbocycles. The van der Waals surface area contributed by atoms with Crippen LogP contribution in [0.3, 0.4) is 0 Å². The fourth-order valence-electron chi connectivity index (χ4n) is 3.37. The maximum absolute atomic E-state index is 12.4. The van der Waals surface area contributed by atoms with Crippen molar-refractivity contribution in [1.29, 1.82) is 0 Å². The molecule has 28 heavy (non-hydrogen) atoms. The number of amides is 1. The number of hydrogen-bond acceptors (Lipinski definition) is 5. The van der Waals surface area contributed by atoms with Crippen LogP contribution >= 0.6 is 0 Å². The monoisotopic (exact) mass is 404 g/mol. The zero-order valence-electron chi connectivity index (χ0n) is 15.7. The first kappa shape index (κ1) is 22.1. The molecule has 1 atom stereocenters. The molecule has 1 unspecified atom stereocenters. The lowest BCUT2D eigenvalue weighted by atomic mass is 9.79. The van der Waals surface area contributed by atoms with Gasteiger partial charge in [-0.05, 0) is 37.8 Å². The molecule has 1 aromatic rings. The van der Waals surface area contributed by atoms with Crippen molar-refractivity contribution in [1.82, 2.24) is 9.88 Å². The number of carboxylic acids is 1. The Hall–Kier alpha value is -2.20. The summed E-state index contributed by atoms with van der Waals surface area (Å²) < 4.78 is 42.9. The molecule has 2 fully saturated rings. The third-order valence-corrected chi connectivity index (χ3v) is 4.82. The Bertz CT molecular complexity index is 705. The van der Waals surface area contributed by atoms with Crippen LogP contribution in [0.15, 0.2) is 18.2 Å². The summed E-state index contributed by atoms with van der Waals surface area (Å²) in [5.41, 5.74) is 1.25. The van der Waals surface area contributed by atoms with Gasteiger partial charge in [0.1, 0.15) is 11.3 Å². The predicted octanol–water partition coefficient (Wildman–Crippen LogP) is 2.29. The van der Waals surface area contributed by atoms with E-state index in [2.05, 4.69) is 4.98 Å². The first-order valence-corrected chi connectivity index (χ1v) is 8.75. The average Bonchev–Trinajstić information content (AvgIpc) is 3.01. The summed E-state index contributed by atoms with van der Waals surface area (Å²) >= 11 is 0. The maximum Gasteiger partial charge on any atom is 0.490 e. The van der Waals surface area contributed by atoms with Crippen LogP contribution in [0.25, 0.3) is 0 Å². The lowest BCUT2D eigenvalue weighted by Gasteiger charge is -2.50. The molecule has 2 aliphatic heterocycles. The van der Waals surface area contributed by atoms with Crippen molar-refractivity contribution in [3.05, 3.63) is 29.6 Å². The first-order valence-electron chi connectivity index (χ1n) is 8.75. The molecule has 0 saturated carbocycles. The van der Waals surface area contributed by atoms with E-state index in [1.165, 1.54) is 0 Å². The predicted molar refractivity (Wildman–Crippen MR) is 91.9 cm³/mol. The number of methoxy groups -OCH3 is 1. The largest absolute Gasteiger partial charge is 0.490 e. The van der Waals surface area contributed by atoms with Crippen LogP contribution in [0.5, 0.6) is 0 Å². The normalized spacial score (nSPS) is 20.3. The van der Waals surface area contributed by atoms with Crippen LogP contribution in [0.1, 0.15) is 29.0 Å². The molecule has 1 spiro atoms. The van der Waals surface area contributed by atoms with Gasteiger partial charge in [-0.25, -0.2) is 9.78 Å². The number of likely N-dealkylation sites (tertiary alicyclic amines) is 1. The molecular formula is C18H23F3N2O5. The molecule has 2 aliphatic rings. The fraction of sp³-hybridized carbons (Fsp3) is 0.611. The molecule has 1 amide bonds. The Morgan fingerprint density at radius 3 is 2.57 bits per heavy atom. The number of carbonyl (C=O) groups is 2. The number of aliphatic carboxylic acids is 1. The van der Waals surface area contributed by atoms with Crippen LogP contribution in [0.4, 0.5) is 13.2 Å². The number of aryl methyl sites for hydroxylation is 1. The van der Waals surface area contributed by atoms with E-state index < -0.39 is 12.1 Å². The second-order valence-electron chi connectivity index (χ2n) is 6.81. The van der Waals surface area contributed by atoms with Crippen molar-refractivity contribution >= 4 is 11.9 Å². The molecule has 3 heterocycles. The minimum atomic E-state index is -5.08. The Labute approximate surface area is 160 Å². The first-order chi connectivity index (χ1) is 13.1. The van der Waals surface area contributed by atoms with E-state index in [1.54, 1.807) is 13.2 Å². The third-order valence-electron chi connectivity index (χ3n) is 4.82. The van der Waals surface area contributed by atoms with Gasteiger partial charge in [-0.3, -0.25) is 4.79 Å². The quantitative estimate of drug-likeness (QED) is 0.828. The molecule has 1 aromatic heterocycles. The Kier molecular flexibility index (Phi) is 7.00. The highest BCUT2D eigenvalue weighted by atomic mass is 19.4. The zero-order chi connectivity index (χ0) is 20.9. The van der Waals surface area contributed by atoms with Crippen LogP contribution in [-0.2, 0) is 14.3 Å². The summed E-state index contributed by atoms with van der Waals surface area (Å²) in [6, 6.07) is 5.55. The third kappa shape index (κ3) is 5.20. The number of halogens is 3. The van der Waals surface area contributed by atoms with E-state index in [-0.39, 0.29) is 11.5 Å². The highest BCUT2D eigenvalue weighted by molar-refractivity contribution is 5.93. The number of pyridine rings is 1. The number of hydrogen-bond donors (Lipinski definition) is 1. The van der Waals surface area contributed by atoms with Gasteiger partial charge in [0, 0.05) is 26.0 Å². The molecule has 2 saturated heterocycles. The summed E-state index contributed by atoms with van der Waals surface area (Å²) in [5.74, 6) is -2.26. The lowest BCUT2D eigenvalue weighted by molar-refractivity contribution is -0.192. The van der Waals surface area contributed by atoms with E-state index >= 15 is 0 Å². The molecular weight excluding hydrogens is 381 g/mol. The van der Waals surface area contributed by atoms with Gasteiger partial charge in [-0.2, -0.15) is 13.2 Å². The van der Waals surface area contributed by atoms with E-state index in [9.17, 15) is 18.0 Å². The standard InChI is InChI=1S/C16H22N2O3.C2HF3O2/c1-12-4-3-5-14(17-12)15(19)18-10-16(11-18)13(6-8-20-2)7-9-21-16;3-2(4,5)1(6)7/h3-5,13H,6-11H2,1-2H3;(H,6,7). The molecule has 0 bridgehead atoms. The molecule has 0 radical (unpaired) electrons. The number of carbonyl (C=O) groups excluding carboxylic acids is 1.